The van der Waals surface area contributed by atoms with Crippen LogP contribution >= 0.6 is 0 Å². The summed E-state index contributed by atoms with van der Waals surface area (Å²) in [6.45, 7) is 0.802. The highest BCUT2D eigenvalue weighted by molar-refractivity contribution is 5.93. The maximum atomic E-state index is 12.7. The first kappa shape index (κ1) is 18.0. The lowest BCUT2D eigenvalue weighted by molar-refractivity contribution is -0.130. The van der Waals surface area contributed by atoms with Crippen LogP contribution in [0.15, 0.2) is 53.2 Å². The van der Waals surface area contributed by atoms with Gasteiger partial charge in [0.25, 0.3) is 5.91 Å². The number of hydrogen-bond donors (Lipinski definition) is 2. The lowest BCUT2D eigenvalue weighted by Gasteiger charge is -2.26. The lowest BCUT2D eigenvalue weighted by atomic mass is 9.81. The number of amides is 2. The Kier molecular flexibility index (Phi) is 4.68. The van der Waals surface area contributed by atoms with Gasteiger partial charge < -0.3 is 14.7 Å². The highest BCUT2D eigenvalue weighted by Crippen LogP contribution is 2.36. The van der Waals surface area contributed by atoms with Crippen molar-refractivity contribution in [1.29, 1.82) is 0 Å². The Bertz CT molecular complexity index is 967. The predicted octanol–water partition coefficient (Wildman–Crippen LogP) is 1.89. The van der Waals surface area contributed by atoms with E-state index in [0.29, 0.717) is 37.4 Å². The Morgan fingerprint density at radius 1 is 1.29 bits per heavy atom. The second-order valence-electron chi connectivity index (χ2n) is 7.03. The summed E-state index contributed by atoms with van der Waals surface area (Å²) in [6.07, 6.45) is 2.46. The molecule has 144 valence electrons. The molecule has 3 aromatic rings. The van der Waals surface area contributed by atoms with Crippen molar-refractivity contribution in [3.05, 3.63) is 60.1 Å². The van der Waals surface area contributed by atoms with E-state index in [-0.39, 0.29) is 11.8 Å². The molecule has 0 radical (unpaired) electrons. The van der Waals surface area contributed by atoms with Crippen LogP contribution in [-0.2, 0) is 11.2 Å². The molecule has 1 atom stereocenters. The normalized spacial score (nSPS) is 19.0. The first-order valence-corrected chi connectivity index (χ1v) is 9.13. The number of rotatable bonds is 5. The summed E-state index contributed by atoms with van der Waals surface area (Å²) in [5.41, 5.74) is 1.34. The number of benzene rings is 1. The molecule has 4 rings (SSSR count). The topological polar surface area (TPSA) is 104 Å². The number of carbonyl (C=O) groups excluding carboxylic acids is 2. The van der Waals surface area contributed by atoms with Gasteiger partial charge in [-0.2, -0.15) is 5.10 Å². The van der Waals surface area contributed by atoms with Crippen LogP contribution in [0.4, 0.5) is 0 Å². The van der Waals surface area contributed by atoms with Crippen molar-refractivity contribution in [2.45, 2.75) is 12.8 Å². The number of hydrogen-bond acceptors (Lipinski definition) is 5. The second-order valence-corrected chi connectivity index (χ2v) is 7.03. The number of nitrogens with one attached hydrogen (secondary N) is 2. The summed E-state index contributed by atoms with van der Waals surface area (Å²) in [5.74, 6) is 0.356. The van der Waals surface area contributed by atoms with Crippen molar-refractivity contribution in [1.82, 2.24) is 25.6 Å². The Hall–Kier alpha value is -3.42. The molecule has 28 heavy (non-hydrogen) atoms. The first-order valence-electron chi connectivity index (χ1n) is 9.13. The summed E-state index contributed by atoms with van der Waals surface area (Å²) in [7, 11) is 1.61. The van der Waals surface area contributed by atoms with Gasteiger partial charge in [-0.15, -0.1) is 0 Å². The monoisotopic (exact) mass is 379 g/mol. The highest BCUT2D eigenvalue weighted by Gasteiger charge is 2.46. The maximum absolute atomic E-state index is 12.7. The molecule has 0 spiro atoms. The minimum atomic E-state index is -0.752. The Morgan fingerprint density at radius 2 is 2.11 bits per heavy atom. The molecule has 2 N–H and O–H groups in total. The average Bonchev–Trinajstić information content (AvgIpc) is 3.49. The van der Waals surface area contributed by atoms with Crippen LogP contribution in [0.5, 0.6) is 0 Å². The number of aromatic nitrogens is 3. The Balaban J connectivity index is 1.55. The van der Waals surface area contributed by atoms with E-state index in [1.54, 1.807) is 18.0 Å². The van der Waals surface area contributed by atoms with Gasteiger partial charge in [-0.25, -0.2) is 0 Å². The van der Waals surface area contributed by atoms with Gasteiger partial charge in [0, 0.05) is 44.4 Å². The third kappa shape index (κ3) is 3.28. The maximum Gasteiger partial charge on any atom is 0.271 e. The summed E-state index contributed by atoms with van der Waals surface area (Å²) >= 11 is 0. The van der Waals surface area contributed by atoms with Crippen molar-refractivity contribution >= 4 is 11.8 Å². The van der Waals surface area contributed by atoms with Crippen LogP contribution in [0.3, 0.4) is 0 Å². The molecule has 0 bridgehead atoms. The first-order chi connectivity index (χ1) is 13.6. The van der Waals surface area contributed by atoms with Crippen molar-refractivity contribution in [3.8, 4) is 11.3 Å². The smallest absolute Gasteiger partial charge is 0.271 e. The molecule has 2 amide bonds. The molecular formula is C20H21N5O3. The van der Waals surface area contributed by atoms with Gasteiger partial charge in [0.2, 0.25) is 5.91 Å². The van der Waals surface area contributed by atoms with Gasteiger partial charge in [0.05, 0.1) is 5.41 Å². The van der Waals surface area contributed by atoms with Crippen molar-refractivity contribution in [2.24, 2.45) is 5.41 Å². The van der Waals surface area contributed by atoms with Crippen molar-refractivity contribution in [2.75, 3.05) is 20.1 Å². The van der Waals surface area contributed by atoms with Crippen LogP contribution < -0.4 is 5.32 Å². The SMILES string of the molecule is CNC(=O)[C@]1(Cc2cc(-c3ccccc3)no2)CCN(C(=O)c2ccn[nH]2)C1. The molecule has 8 heteroatoms. The molecule has 0 unspecified atom stereocenters. The van der Waals surface area contributed by atoms with Crippen LogP contribution in [0.1, 0.15) is 22.7 Å². The number of H-pyrrole nitrogens is 1. The van der Waals surface area contributed by atoms with Gasteiger partial charge in [0.1, 0.15) is 17.1 Å². The minimum absolute atomic E-state index is 0.106. The van der Waals surface area contributed by atoms with E-state index < -0.39 is 5.41 Å². The largest absolute Gasteiger partial charge is 0.361 e. The standard InChI is InChI=1S/C20H21N5O3/c1-21-19(27)20(8-10-25(13-20)18(26)16-7-9-22-23-16)12-15-11-17(24-28-15)14-5-3-2-4-6-14/h2-7,9,11H,8,10,12-13H2,1H3,(H,21,27)(H,22,23)/t20-/m0/s1. The van der Waals surface area contributed by atoms with E-state index in [2.05, 4.69) is 20.7 Å². The van der Waals surface area contributed by atoms with E-state index in [1.807, 2.05) is 36.4 Å². The summed E-state index contributed by atoms with van der Waals surface area (Å²) in [6, 6.07) is 13.2. The number of aromatic amines is 1. The molecule has 0 saturated carbocycles. The van der Waals surface area contributed by atoms with Gasteiger partial charge in [-0.05, 0) is 12.5 Å². The zero-order valence-electron chi connectivity index (χ0n) is 15.5. The second kappa shape index (κ2) is 7.30. The van der Waals surface area contributed by atoms with E-state index in [1.165, 1.54) is 6.20 Å². The van der Waals surface area contributed by atoms with Crippen molar-refractivity contribution < 1.29 is 14.1 Å². The quantitative estimate of drug-likeness (QED) is 0.704. The van der Waals surface area contributed by atoms with Gasteiger partial charge in [-0.1, -0.05) is 35.5 Å². The van der Waals surface area contributed by atoms with E-state index in [4.69, 9.17) is 4.52 Å². The van der Waals surface area contributed by atoms with Gasteiger partial charge in [-0.3, -0.25) is 14.7 Å². The van der Waals surface area contributed by atoms with Crippen LogP contribution in [0, 0.1) is 5.41 Å². The average molecular weight is 379 g/mol. The molecule has 1 aromatic carbocycles. The third-order valence-electron chi connectivity index (χ3n) is 5.22. The van der Waals surface area contributed by atoms with E-state index >= 15 is 0 Å². The molecular weight excluding hydrogens is 358 g/mol. The summed E-state index contributed by atoms with van der Waals surface area (Å²) in [4.78, 5) is 27.1. The van der Waals surface area contributed by atoms with Crippen molar-refractivity contribution in [3.63, 3.8) is 0 Å². The highest BCUT2D eigenvalue weighted by atomic mass is 16.5. The van der Waals surface area contributed by atoms with Gasteiger partial charge in [0.15, 0.2) is 0 Å². The Labute approximate surface area is 161 Å². The van der Waals surface area contributed by atoms with Gasteiger partial charge >= 0.3 is 0 Å². The fourth-order valence-electron chi connectivity index (χ4n) is 3.74. The molecule has 3 heterocycles. The predicted molar refractivity (Wildman–Crippen MR) is 101 cm³/mol. The number of likely N-dealkylation sites (tertiary alicyclic amines) is 1. The van der Waals surface area contributed by atoms with Crippen LogP contribution in [-0.4, -0.2) is 52.2 Å². The van der Waals surface area contributed by atoms with E-state index in [0.717, 1.165) is 11.3 Å². The molecule has 1 saturated heterocycles. The molecule has 0 aliphatic carbocycles. The molecule has 1 fully saturated rings. The summed E-state index contributed by atoms with van der Waals surface area (Å²) in [5, 5.41) is 13.4. The van der Waals surface area contributed by atoms with E-state index in [9.17, 15) is 9.59 Å². The number of nitrogens with zero attached hydrogens (tertiary/aromatic N) is 3. The molecule has 8 nitrogen and oxygen atoms in total. The third-order valence-corrected chi connectivity index (χ3v) is 5.22. The summed E-state index contributed by atoms with van der Waals surface area (Å²) < 4.78 is 5.52. The van der Waals surface area contributed by atoms with Crippen LogP contribution in [0.2, 0.25) is 0 Å². The molecule has 1 aliphatic rings. The molecule has 1 aliphatic heterocycles. The zero-order chi connectivity index (χ0) is 19.6. The fraction of sp³-hybridized carbons (Fsp3) is 0.300. The fourth-order valence-corrected chi connectivity index (χ4v) is 3.74. The number of carbonyl (C=O) groups is 2. The lowest BCUT2D eigenvalue weighted by Crippen LogP contribution is -2.44. The van der Waals surface area contributed by atoms with Crippen LogP contribution in [0.25, 0.3) is 11.3 Å². The Morgan fingerprint density at radius 3 is 2.82 bits per heavy atom. The minimum Gasteiger partial charge on any atom is -0.361 e. The molecule has 2 aromatic heterocycles. The zero-order valence-corrected chi connectivity index (χ0v) is 15.5.